The first kappa shape index (κ1) is 13.6. The van der Waals surface area contributed by atoms with Crippen LogP contribution in [0.15, 0.2) is 16.5 Å². The molecule has 1 heterocycles. The van der Waals surface area contributed by atoms with Crippen molar-refractivity contribution in [2.45, 2.75) is 51.0 Å². The zero-order valence-electron chi connectivity index (χ0n) is 11.1. The zero-order chi connectivity index (χ0) is 13.9. The number of nitrogens with one attached hydrogen (secondary N) is 1. The Kier molecular flexibility index (Phi) is 3.93. The third kappa shape index (κ3) is 2.97. The Morgan fingerprint density at radius 1 is 1.21 bits per heavy atom. The van der Waals surface area contributed by atoms with Gasteiger partial charge in [-0.1, -0.05) is 25.7 Å². The number of carboxylic acids is 1. The van der Waals surface area contributed by atoms with Crippen LogP contribution in [0, 0.1) is 6.92 Å². The highest BCUT2D eigenvalue weighted by Gasteiger charge is 2.40. The largest absolute Gasteiger partial charge is 0.480 e. The van der Waals surface area contributed by atoms with Crippen molar-refractivity contribution >= 4 is 11.9 Å². The van der Waals surface area contributed by atoms with Crippen molar-refractivity contribution in [3.8, 4) is 0 Å². The molecule has 5 heteroatoms. The molecule has 2 rings (SSSR count). The summed E-state index contributed by atoms with van der Waals surface area (Å²) in [6.07, 6.45) is 4.64. The Morgan fingerprint density at radius 2 is 1.84 bits per heavy atom. The molecule has 0 atom stereocenters. The van der Waals surface area contributed by atoms with Gasteiger partial charge in [0, 0.05) is 0 Å². The average Bonchev–Trinajstić information content (AvgIpc) is 2.65. The third-order valence-electron chi connectivity index (χ3n) is 3.68. The number of carbonyl (C=O) groups excluding carboxylic acids is 1. The number of hydrogen-bond donors (Lipinski definition) is 2. The van der Waals surface area contributed by atoms with Gasteiger partial charge < -0.3 is 14.8 Å². The second-order valence-electron chi connectivity index (χ2n) is 5.17. The van der Waals surface area contributed by atoms with E-state index in [1.165, 1.54) is 0 Å². The number of carbonyl (C=O) groups is 2. The topological polar surface area (TPSA) is 79.5 Å². The SMILES string of the molecule is Cc1ccc(C(=O)NC2(C(=O)O)CCCCCC2)o1. The van der Waals surface area contributed by atoms with Crippen LogP contribution >= 0.6 is 0 Å². The minimum Gasteiger partial charge on any atom is -0.480 e. The maximum absolute atomic E-state index is 12.1. The predicted molar refractivity (Wildman–Crippen MR) is 69.0 cm³/mol. The van der Waals surface area contributed by atoms with Gasteiger partial charge in [0.05, 0.1) is 0 Å². The Morgan fingerprint density at radius 3 is 2.32 bits per heavy atom. The van der Waals surface area contributed by atoms with E-state index in [4.69, 9.17) is 4.42 Å². The van der Waals surface area contributed by atoms with Gasteiger partial charge in [-0.3, -0.25) is 4.79 Å². The van der Waals surface area contributed by atoms with Gasteiger partial charge in [0.15, 0.2) is 5.76 Å². The Balaban J connectivity index is 2.16. The number of amides is 1. The van der Waals surface area contributed by atoms with Crippen molar-refractivity contribution in [3.05, 3.63) is 23.7 Å². The van der Waals surface area contributed by atoms with E-state index in [1.54, 1.807) is 19.1 Å². The molecule has 1 aliphatic carbocycles. The highest BCUT2D eigenvalue weighted by molar-refractivity contribution is 5.95. The smallest absolute Gasteiger partial charge is 0.329 e. The monoisotopic (exact) mass is 265 g/mol. The van der Waals surface area contributed by atoms with Gasteiger partial charge in [-0.05, 0) is 31.9 Å². The molecule has 1 aliphatic rings. The summed E-state index contributed by atoms with van der Waals surface area (Å²) in [5, 5.41) is 12.1. The molecule has 0 unspecified atom stereocenters. The predicted octanol–water partition coefficient (Wildman–Crippen LogP) is 2.50. The van der Waals surface area contributed by atoms with Crippen LogP contribution in [0.5, 0.6) is 0 Å². The fraction of sp³-hybridized carbons (Fsp3) is 0.571. The van der Waals surface area contributed by atoms with E-state index in [9.17, 15) is 14.7 Å². The van der Waals surface area contributed by atoms with E-state index >= 15 is 0 Å². The van der Waals surface area contributed by atoms with Crippen molar-refractivity contribution in [2.24, 2.45) is 0 Å². The number of carboxylic acid groups (broad SMARTS) is 1. The summed E-state index contributed by atoms with van der Waals surface area (Å²) in [6.45, 7) is 1.75. The van der Waals surface area contributed by atoms with Crippen LogP contribution in [0.2, 0.25) is 0 Å². The van der Waals surface area contributed by atoms with Crippen LogP contribution in [0.3, 0.4) is 0 Å². The molecule has 0 spiro atoms. The number of aryl methyl sites for hydroxylation is 1. The van der Waals surface area contributed by atoms with Crippen molar-refractivity contribution in [2.75, 3.05) is 0 Å². The molecule has 5 nitrogen and oxygen atoms in total. The third-order valence-corrected chi connectivity index (χ3v) is 3.68. The van der Waals surface area contributed by atoms with Crippen LogP contribution in [-0.2, 0) is 4.79 Å². The molecule has 19 heavy (non-hydrogen) atoms. The summed E-state index contributed by atoms with van der Waals surface area (Å²) >= 11 is 0. The van der Waals surface area contributed by atoms with E-state index in [0.29, 0.717) is 18.6 Å². The molecule has 1 aromatic rings. The first-order valence-electron chi connectivity index (χ1n) is 6.66. The lowest BCUT2D eigenvalue weighted by Gasteiger charge is -2.28. The van der Waals surface area contributed by atoms with E-state index in [1.807, 2.05) is 0 Å². The van der Waals surface area contributed by atoms with E-state index < -0.39 is 17.4 Å². The molecule has 1 saturated carbocycles. The standard InChI is InChI=1S/C14H19NO4/c1-10-6-7-11(19-10)12(16)15-14(13(17)18)8-4-2-3-5-9-14/h6-7H,2-5,8-9H2,1H3,(H,15,16)(H,17,18). The summed E-state index contributed by atoms with van der Waals surface area (Å²) in [4.78, 5) is 23.6. The average molecular weight is 265 g/mol. The second-order valence-corrected chi connectivity index (χ2v) is 5.17. The lowest BCUT2D eigenvalue weighted by molar-refractivity contribution is -0.145. The van der Waals surface area contributed by atoms with Crippen molar-refractivity contribution in [3.63, 3.8) is 0 Å². The summed E-state index contributed by atoms with van der Waals surface area (Å²) < 4.78 is 5.24. The fourth-order valence-corrected chi connectivity index (χ4v) is 2.56. The van der Waals surface area contributed by atoms with E-state index in [-0.39, 0.29) is 5.76 Å². The van der Waals surface area contributed by atoms with Crippen LogP contribution in [0.1, 0.15) is 54.8 Å². The van der Waals surface area contributed by atoms with Crippen LogP contribution in [0.25, 0.3) is 0 Å². The van der Waals surface area contributed by atoms with Gasteiger partial charge in [-0.15, -0.1) is 0 Å². The van der Waals surface area contributed by atoms with Crippen molar-refractivity contribution < 1.29 is 19.1 Å². The minimum absolute atomic E-state index is 0.169. The number of furan rings is 1. The van der Waals surface area contributed by atoms with Gasteiger partial charge in [-0.25, -0.2) is 4.79 Å². The molecule has 104 valence electrons. The molecule has 1 aromatic heterocycles. The van der Waals surface area contributed by atoms with Crippen LogP contribution in [0.4, 0.5) is 0 Å². The zero-order valence-corrected chi connectivity index (χ0v) is 11.1. The highest BCUT2D eigenvalue weighted by Crippen LogP contribution is 2.28. The quantitative estimate of drug-likeness (QED) is 0.823. The molecule has 0 bridgehead atoms. The molecular formula is C14H19NO4. The van der Waals surface area contributed by atoms with Crippen LogP contribution < -0.4 is 5.32 Å². The Hall–Kier alpha value is -1.78. The van der Waals surface area contributed by atoms with Gasteiger partial charge in [0.25, 0.3) is 5.91 Å². The summed E-state index contributed by atoms with van der Waals surface area (Å²) in [6, 6.07) is 3.26. The summed E-state index contributed by atoms with van der Waals surface area (Å²) in [5.41, 5.74) is -1.14. The molecule has 0 saturated heterocycles. The lowest BCUT2D eigenvalue weighted by Crippen LogP contribution is -2.54. The molecule has 2 N–H and O–H groups in total. The number of aliphatic carboxylic acids is 1. The van der Waals surface area contributed by atoms with Gasteiger partial charge in [0.1, 0.15) is 11.3 Å². The molecular weight excluding hydrogens is 246 g/mol. The summed E-state index contributed by atoms with van der Waals surface area (Å²) in [5.74, 6) is -0.596. The highest BCUT2D eigenvalue weighted by atomic mass is 16.4. The normalized spacial score (nSPS) is 18.6. The molecule has 1 fully saturated rings. The van der Waals surface area contributed by atoms with Gasteiger partial charge in [-0.2, -0.15) is 0 Å². The first-order valence-corrected chi connectivity index (χ1v) is 6.66. The maximum atomic E-state index is 12.1. The van der Waals surface area contributed by atoms with E-state index in [2.05, 4.69) is 5.32 Å². The van der Waals surface area contributed by atoms with Gasteiger partial charge in [0.2, 0.25) is 0 Å². The maximum Gasteiger partial charge on any atom is 0.329 e. The molecule has 0 aliphatic heterocycles. The minimum atomic E-state index is -1.14. The summed E-state index contributed by atoms with van der Waals surface area (Å²) in [7, 11) is 0. The van der Waals surface area contributed by atoms with Crippen LogP contribution in [-0.4, -0.2) is 22.5 Å². The van der Waals surface area contributed by atoms with E-state index in [0.717, 1.165) is 25.7 Å². The second kappa shape index (κ2) is 5.47. The Bertz CT molecular complexity index is 470. The first-order chi connectivity index (χ1) is 9.03. The van der Waals surface area contributed by atoms with Gasteiger partial charge >= 0.3 is 5.97 Å². The molecule has 0 aromatic carbocycles. The van der Waals surface area contributed by atoms with Crippen molar-refractivity contribution in [1.29, 1.82) is 0 Å². The Labute approximate surface area is 112 Å². The number of rotatable bonds is 3. The lowest BCUT2D eigenvalue weighted by atomic mass is 9.90. The van der Waals surface area contributed by atoms with Crippen molar-refractivity contribution in [1.82, 2.24) is 5.32 Å². The molecule has 1 amide bonds. The number of hydrogen-bond acceptors (Lipinski definition) is 3. The fourth-order valence-electron chi connectivity index (χ4n) is 2.56. The molecule has 0 radical (unpaired) electrons.